The Hall–Kier alpha value is -1.29. The molecule has 0 aromatic carbocycles. The van der Waals surface area contributed by atoms with E-state index in [9.17, 15) is 4.79 Å². The molecule has 2 aliphatic rings. The number of amides is 1. The van der Waals surface area contributed by atoms with E-state index in [1.165, 1.54) is 6.42 Å². The summed E-state index contributed by atoms with van der Waals surface area (Å²) in [5, 5.41) is 3.41. The lowest BCUT2D eigenvalue weighted by molar-refractivity contribution is 0.0572. The maximum absolute atomic E-state index is 12.6. The standard InChI is InChI=1S/C14H20N2O2/c1-2-13-11(5-7-18-13)14(17)16-6-3-4-10-8-15-9-12(10)16/h5,7,10,12,15H,2-4,6,8-9H2,1H3. The lowest BCUT2D eigenvalue weighted by atomic mass is 9.91. The average Bonchev–Trinajstić information content (AvgIpc) is 3.05. The first kappa shape index (κ1) is 11.8. The molecule has 1 aromatic heterocycles. The van der Waals surface area contributed by atoms with Crippen LogP contribution < -0.4 is 5.32 Å². The zero-order valence-corrected chi connectivity index (χ0v) is 10.8. The summed E-state index contributed by atoms with van der Waals surface area (Å²) in [6.45, 7) is 4.90. The van der Waals surface area contributed by atoms with Crippen molar-refractivity contribution in [2.75, 3.05) is 19.6 Å². The van der Waals surface area contributed by atoms with Crippen molar-refractivity contribution >= 4 is 5.91 Å². The van der Waals surface area contributed by atoms with Gasteiger partial charge >= 0.3 is 0 Å². The number of nitrogens with one attached hydrogen (secondary N) is 1. The van der Waals surface area contributed by atoms with Crippen molar-refractivity contribution < 1.29 is 9.21 Å². The van der Waals surface area contributed by atoms with E-state index in [-0.39, 0.29) is 5.91 Å². The predicted octanol–water partition coefficient (Wildman–Crippen LogP) is 1.67. The van der Waals surface area contributed by atoms with Crippen molar-refractivity contribution in [2.24, 2.45) is 5.92 Å². The molecule has 18 heavy (non-hydrogen) atoms. The quantitative estimate of drug-likeness (QED) is 0.866. The van der Waals surface area contributed by atoms with Gasteiger partial charge in [0.2, 0.25) is 0 Å². The largest absolute Gasteiger partial charge is 0.469 e. The van der Waals surface area contributed by atoms with Crippen LogP contribution >= 0.6 is 0 Å². The summed E-state index contributed by atoms with van der Waals surface area (Å²) in [6, 6.07) is 2.19. The van der Waals surface area contributed by atoms with Crippen LogP contribution in [0.4, 0.5) is 0 Å². The SMILES string of the molecule is CCc1occc1C(=O)N1CCCC2CNCC21. The number of rotatable bonds is 2. The second-order valence-corrected chi connectivity index (χ2v) is 5.24. The lowest BCUT2D eigenvalue weighted by Gasteiger charge is -2.37. The minimum atomic E-state index is 0.152. The molecule has 1 amide bonds. The molecular formula is C14H20N2O2. The molecule has 4 nitrogen and oxygen atoms in total. The topological polar surface area (TPSA) is 45.5 Å². The predicted molar refractivity (Wildman–Crippen MR) is 68.5 cm³/mol. The number of furan rings is 1. The first-order chi connectivity index (χ1) is 8.81. The molecule has 0 spiro atoms. The van der Waals surface area contributed by atoms with Gasteiger partial charge in [-0.1, -0.05) is 6.92 Å². The highest BCUT2D eigenvalue weighted by Gasteiger charge is 2.38. The fourth-order valence-corrected chi connectivity index (χ4v) is 3.28. The van der Waals surface area contributed by atoms with E-state index in [1.807, 2.05) is 13.0 Å². The van der Waals surface area contributed by atoms with Gasteiger partial charge in [0.25, 0.3) is 5.91 Å². The van der Waals surface area contributed by atoms with Gasteiger partial charge in [0.05, 0.1) is 11.8 Å². The molecule has 2 aliphatic heterocycles. The molecule has 1 N–H and O–H groups in total. The van der Waals surface area contributed by atoms with Crippen molar-refractivity contribution in [3.63, 3.8) is 0 Å². The van der Waals surface area contributed by atoms with Gasteiger partial charge in [0.1, 0.15) is 5.76 Å². The van der Waals surface area contributed by atoms with Gasteiger partial charge in [-0.2, -0.15) is 0 Å². The Kier molecular flexibility index (Phi) is 3.12. The highest BCUT2D eigenvalue weighted by atomic mass is 16.3. The Morgan fingerprint density at radius 2 is 2.44 bits per heavy atom. The van der Waals surface area contributed by atoms with Crippen molar-refractivity contribution in [3.05, 3.63) is 23.7 Å². The molecule has 3 heterocycles. The van der Waals surface area contributed by atoms with E-state index in [1.54, 1.807) is 6.26 Å². The van der Waals surface area contributed by atoms with E-state index in [2.05, 4.69) is 10.2 Å². The zero-order chi connectivity index (χ0) is 12.5. The number of hydrogen-bond donors (Lipinski definition) is 1. The fourth-order valence-electron chi connectivity index (χ4n) is 3.28. The van der Waals surface area contributed by atoms with Crippen LogP contribution in [0.3, 0.4) is 0 Å². The maximum atomic E-state index is 12.6. The van der Waals surface area contributed by atoms with Gasteiger partial charge in [0.15, 0.2) is 0 Å². The molecular weight excluding hydrogens is 228 g/mol. The Balaban J connectivity index is 1.83. The highest BCUT2D eigenvalue weighted by Crippen LogP contribution is 2.28. The molecule has 3 rings (SSSR count). The van der Waals surface area contributed by atoms with Crippen molar-refractivity contribution in [1.29, 1.82) is 0 Å². The number of nitrogens with zero attached hydrogens (tertiary/aromatic N) is 1. The summed E-state index contributed by atoms with van der Waals surface area (Å²) in [5.74, 6) is 1.60. The summed E-state index contributed by atoms with van der Waals surface area (Å²) >= 11 is 0. The minimum absolute atomic E-state index is 0.152. The molecule has 1 aromatic rings. The van der Waals surface area contributed by atoms with Gasteiger partial charge in [-0.15, -0.1) is 0 Å². The third kappa shape index (κ3) is 1.85. The number of fused-ring (bicyclic) bond motifs is 1. The van der Waals surface area contributed by atoms with E-state index < -0.39 is 0 Å². The maximum Gasteiger partial charge on any atom is 0.257 e. The molecule has 0 saturated carbocycles. The van der Waals surface area contributed by atoms with Crippen LogP contribution in [-0.4, -0.2) is 36.5 Å². The third-order valence-corrected chi connectivity index (χ3v) is 4.24. The van der Waals surface area contributed by atoms with Crippen molar-refractivity contribution in [1.82, 2.24) is 10.2 Å². The molecule has 0 aliphatic carbocycles. The van der Waals surface area contributed by atoms with E-state index >= 15 is 0 Å². The Morgan fingerprint density at radius 3 is 3.28 bits per heavy atom. The number of carbonyl (C=O) groups is 1. The summed E-state index contributed by atoms with van der Waals surface area (Å²) in [5.41, 5.74) is 0.755. The van der Waals surface area contributed by atoms with E-state index in [0.29, 0.717) is 12.0 Å². The van der Waals surface area contributed by atoms with Crippen molar-refractivity contribution in [2.45, 2.75) is 32.2 Å². The summed E-state index contributed by atoms with van der Waals surface area (Å²) < 4.78 is 5.37. The summed E-state index contributed by atoms with van der Waals surface area (Å²) in [7, 11) is 0. The van der Waals surface area contributed by atoms with Gasteiger partial charge < -0.3 is 14.6 Å². The number of piperidine rings is 1. The Morgan fingerprint density at radius 1 is 1.56 bits per heavy atom. The van der Waals surface area contributed by atoms with Crippen LogP contribution in [0.1, 0.15) is 35.9 Å². The Bertz CT molecular complexity index is 441. The Labute approximate surface area is 107 Å². The monoisotopic (exact) mass is 248 g/mol. The van der Waals surface area contributed by atoms with E-state index in [0.717, 1.165) is 43.8 Å². The molecule has 0 radical (unpaired) electrons. The van der Waals surface area contributed by atoms with E-state index in [4.69, 9.17) is 4.42 Å². The number of likely N-dealkylation sites (tertiary alicyclic amines) is 1. The molecule has 98 valence electrons. The van der Waals surface area contributed by atoms with Gasteiger partial charge in [-0.05, 0) is 24.8 Å². The molecule has 2 unspecified atom stereocenters. The number of hydrogen-bond acceptors (Lipinski definition) is 3. The number of aryl methyl sites for hydroxylation is 1. The third-order valence-electron chi connectivity index (χ3n) is 4.24. The summed E-state index contributed by atoms with van der Waals surface area (Å²) in [6.07, 6.45) is 4.76. The second kappa shape index (κ2) is 4.76. The second-order valence-electron chi connectivity index (χ2n) is 5.24. The van der Waals surface area contributed by atoms with Gasteiger partial charge in [0, 0.05) is 32.1 Å². The van der Waals surface area contributed by atoms with Crippen LogP contribution in [0.5, 0.6) is 0 Å². The minimum Gasteiger partial charge on any atom is -0.469 e. The molecule has 2 saturated heterocycles. The lowest BCUT2D eigenvalue weighted by Crippen LogP contribution is -2.48. The fraction of sp³-hybridized carbons (Fsp3) is 0.643. The molecule has 2 fully saturated rings. The van der Waals surface area contributed by atoms with Crippen LogP contribution in [0.25, 0.3) is 0 Å². The average molecular weight is 248 g/mol. The zero-order valence-electron chi connectivity index (χ0n) is 10.8. The first-order valence-electron chi connectivity index (χ1n) is 6.89. The normalized spacial score (nSPS) is 27.3. The van der Waals surface area contributed by atoms with Crippen LogP contribution in [0.15, 0.2) is 16.7 Å². The van der Waals surface area contributed by atoms with Crippen molar-refractivity contribution in [3.8, 4) is 0 Å². The van der Waals surface area contributed by atoms with Gasteiger partial charge in [-0.25, -0.2) is 0 Å². The van der Waals surface area contributed by atoms with Crippen LogP contribution in [-0.2, 0) is 6.42 Å². The first-order valence-corrected chi connectivity index (χ1v) is 6.89. The summed E-state index contributed by atoms with van der Waals surface area (Å²) in [4.78, 5) is 14.7. The highest BCUT2D eigenvalue weighted by molar-refractivity contribution is 5.95. The molecule has 2 atom stereocenters. The van der Waals surface area contributed by atoms with Gasteiger partial charge in [-0.3, -0.25) is 4.79 Å². The molecule has 4 heteroatoms. The molecule has 0 bridgehead atoms. The van der Waals surface area contributed by atoms with Crippen LogP contribution in [0.2, 0.25) is 0 Å². The smallest absolute Gasteiger partial charge is 0.257 e. The van der Waals surface area contributed by atoms with Crippen LogP contribution in [0, 0.1) is 5.92 Å². The number of carbonyl (C=O) groups excluding carboxylic acids is 1.